The van der Waals surface area contributed by atoms with Crippen LogP contribution in [-0.2, 0) is 14.3 Å². The molecule has 1 aromatic heterocycles. The third-order valence-electron chi connectivity index (χ3n) is 5.02. The number of rotatable bonds is 4. The average Bonchev–Trinajstić information content (AvgIpc) is 3.17. The van der Waals surface area contributed by atoms with Crippen molar-refractivity contribution in [3.8, 4) is 11.4 Å². The van der Waals surface area contributed by atoms with Gasteiger partial charge in [0.05, 0.1) is 32.0 Å². The van der Waals surface area contributed by atoms with Crippen molar-refractivity contribution in [1.82, 2.24) is 4.57 Å². The van der Waals surface area contributed by atoms with Gasteiger partial charge >= 0.3 is 5.97 Å². The second-order valence-corrected chi connectivity index (χ2v) is 7.09. The van der Waals surface area contributed by atoms with E-state index < -0.39 is 24.0 Å². The summed E-state index contributed by atoms with van der Waals surface area (Å²) < 4.78 is 33.4. The molecule has 0 unspecified atom stereocenters. The van der Waals surface area contributed by atoms with Crippen molar-refractivity contribution in [2.24, 2.45) is 0 Å². The van der Waals surface area contributed by atoms with Gasteiger partial charge in [0.1, 0.15) is 12.2 Å². The molecule has 0 spiro atoms. The number of nitrogens with zero attached hydrogens (tertiary/aromatic N) is 1. The van der Waals surface area contributed by atoms with Crippen LogP contribution in [0, 0.1) is 5.82 Å². The van der Waals surface area contributed by atoms with Crippen LogP contribution in [0.25, 0.3) is 5.69 Å². The molecular weight excluding hydrogens is 397 g/mol. The molecule has 3 aromatic rings. The Labute approximate surface area is 172 Å². The van der Waals surface area contributed by atoms with E-state index in [-0.39, 0.29) is 12.2 Å². The molecule has 0 radical (unpaired) electrons. The number of aromatic nitrogens is 1. The van der Waals surface area contributed by atoms with Gasteiger partial charge < -0.3 is 18.8 Å². The van der Waals surface area contributed by atoms with Crippen LogP contribution in [0.4, 0.5) is 4.39 Å². The van der Waals surface area contributed by atoms with E-state index in [0.29, 0.717) is 16.1 Å². The Morgan fingerprint density at radius 3 is 2.76 bits per heavy atom. The molecule has 1 aliphatic rings. The molecule has 0 saturated heterocycles. The SMILES string of the molecule is COC(=O)C[C@@H]1O[C@@H](c2cccc(OC)c2F)c2cc(Cl)ccc2-n2cccc21. The Hall–Kier alpha value is -2.83. The fourth-order valence-corrected chi connectivity index (χ4v) is 3.83. The summed E-state index contributed by atoms with van der Waals surface area (Å²) in [6, 6.07) is 14.0. The quantitative estimate of drug-likeness (QED) is 0.562. The van der Waals surface area contributed by atoms with Crippen molar-refractivity contribution < 1.29 is 23.4 Å². The first-order chi connectivity index (χ1) is 14.0. The Morgan fingerprint density at radius 2 is 2.00 bits per heavy atom. The number of halogens is 2. The molecule has 2 atom stereocenters. The highest BCUT2D eigenvalue weighted by molar-refractivity contribution is 6.30. The van der Waals surface area contributed by atoms with Gasteiger partial charge in [0.2, 0.25) is 0 Å². The minimum atomic E-state index is -0.798. The van der Waals surface area contributed by atoms with Crippen molar-refractivity contribution in [3.05, 3.63) is 82.4 Å². The summed E-state index contributed by atoms with van der Waals surface area (Å²) in [5.74, 6) is -0.825. The van der Waals surface area contributed by atoms with Gasteiger partial charge in [-0.05, 0) is 36.4 Å². The van der Waals surface area contributed by atoms with E-state index in [1.54, 1.807) is 30.3 Å². The first kappa shape index (κ1) is 19.5. The van der Waals surface area contributed by atoms with Gasteiger partial charge in [0.15, 0.2) is 11.6 Å². The molecule has 4 rings (SSSR count). The topological polar surface area (TPSA) is 49.7 Å². The maximum Gasteiger partial charge on any atom is 0.308 e. The van der Waals surface area contributed by atoms with Crippen LogP contribution < -0.4 is 4.74 Å². The van der Waals surface area contributed by atoms with Gasteiger partial charge in [-0.25, -0.2) is 4.39 Å². The second kappa shape index (κ2) is 7.89. The largest absolute Gasteiger partial charge is 0.494 e. The van der Waals surface area contributed by atoms with E-state index in [2.05, 4.69) is 0 Å². The van der Waals surface area contributed by atoms with Crippen LogP contribution in [0.3, 0.4) is 0 Å². The van der Waals surface area contributed by atoms with E-state index in [1.165, 1.54) is 14.2 Å². The van der Waals surface area contributed by atoms with Crippen LogP contribution >= 0.6 is 11.6 Å². The van der Waals surface area contributed by atoms with Crippen LogP contribution in [0.5, 0.6) is 5.75 Å². The van der Waals surface area contributed by atoms with Crippen molar-refractivity contribution in [3.63, 3.8) is 0 Å². The zero-order chi connectivity index (χ0) is 20.5. The molecule has 5 nitrogen and oxygen atoms in total. The molecule has 0 aliphatic carbocycles. The van der Waals surface area contributed by atoms with E-state index >= 15 is 4.39 Å². The number of benzene rings is 2. The number of carbonyl (C=O) groups excluding carboxylic acids is 1. The Kier molecular flexibility index (Phi) is 5.30. The van der Waals surface area contributed by atoms with Gasteiger partial charge in [0.25, 0.3) is 0 Å². The lowest BCUT2D eigenvalue weighted by Crippen LogP contribution is -2.16. The summed E-state index contributed by atoms with van der Waals surface area (Å²) in [4.78, 5) is 12.0. The average molecular weight is 416 g/mol. The molecule has 150 valence electrons. The fourth-order valence-electron chi connectivity index (χ4n) is 3.65. The monoisotopic (exact) mass is 415 g/mol. The normalized spacial score (nSPS) is 17.8. The van der Waals surface area contributed by atoms with Crippen LogP contribution in [0.15, 0.2) is 54.7 Å². The predicted octanol–water partition coefficient (Wildman–Crippen LogP) is 5.00. The molecule has 2 heterocycles. The van der Waals surface area contributed by atoms with E-state index in [9.17, 15) is 4.79 Å². The maximum absolute atomic E-state index is 15.2. The minimum absolute atomic E-state index is 0.00960. The van der Waals surface area contributed by atoms with Crippen molar-refractivity contribution in [1.29, 1.82) is 0 Å². The number of ether oxygens (including phenoxy) is 3. The lowest BCUT2D eigenvalue weighted by molar-refractivity contribution is -0.145. The highest BCUT2D eigenvalue weighted by Gasteiger charge is 2.33. The van der Waals surface area contributed by atoms with E-state index in [1.807, 2.05) is 29.0 Å². The van der Waals surface area contributed by atoms with Crippen LogP contribution in [0.1, 0.15) is 35.4 Å². The lowest BCUT2D eigenvalue weighted by atomic mass is 9.98. The molecule has 1 aliphatic heterocycles. The van der Waals surface area contributed by atoms with Crippen molar-refractivity contribution in [2.75, 3.05) is 14.2 Å². The van der Waals surface area contributed by atoms with E-state index in [4.69, 9.17) is 25.8 Å². The summed E-state index contributed by atoms with van der Waals surface area (Å²) in [5.41, 5.74) is 2.56. The Balaban J connectivity index is 1.92. The van der Waals surface area contributed by atoms with Crippen molar-refractivity contribution >= 4 is 17.6 Å². The molecule has 0 amide bonds. The number of methoxy groups -OCH3 is 2. The molecule has 0 saturated carbocycles. The third-order valence-corrected chi connectivity index (χ3v) is 5.25. The predicted molar refractivity (Wildman–Crippen MR) is 106 cm³/mol. The lowest BCUT2D eigenvalue weighted by Gasteiger charge is -2.23. The summed E-state index contributed by atoms with van der Waals surface area (Å²) >= 11 is 6.27. The summed E-state index contributed by atoms with van der Waals surface area (Å²) in [7, 11) is 2.73. The Morgan fingerprint density at radius 1 is 1.17 bits per heavy atom. The van der Waals surface area contributed by atoms with Gasteiger partial charge in [-0.15, -0.1) is 0 Å². The van der Waals surface area contributed by atoms with Gasteiger partial charge in [-0.3, -0.25) is 4.79 Å². The zero-order valence-electron chi connectivity index (χ0n) is 15.9. The highest BCUT2D eigenvalue weighted by Crippen LogP contribution is 2.43. The number of carbonyl (C=O) groups is 1. The summed E-state index contributed by atoms with van der Waals surface area (Å²) in [5, 5.41) is 0.501. The zero-order valence-corrected chi connectivity index (χ0v) is 16.7. The van der Waals surface area contributed by atoms with Crippen LogP contribution in [-0.4, -0.2) is 24.8 Å². The molecule has 7 heteroatoms. The number of fused-ring (bicyclic) bond motifs is 3. The molecular formula is C22H19ClFNO4. The summed E-state index contributed by atoms with van der Waals surface area (Å²) in [6.07, 6.45) is 0.428. The number of hydrogen-bond acceptors (Lipinski definition) is 4. The standard InChI is InChI=1S/C22H19ClFNO4/c1-27-18-7-3-5-14(21(18)24)22-15-11-13(23)8-9-16(15)25-10-4-6-17(25)19(29-22)12-20(26)28-2/h3-11,19,22H,12H2,1-2H3/t19-,22-/m0/s1. The number of hydrogen-bond donors (Lipinski definition) is 0. The number of esters is 1. The molecule has 0 N–H and O–H groups in total. The molecule has 29 heavy (non-hydrogen) atoms. The molecule has 0 fully saturated rings. The fraction of sp³-hybridized carbons (Fsp3) is 0.227. The van der Waals surface area contributed by atoms with Crippen LogP contribution in [0.2, 0.25) is 5.02 Å². The molecule has 2 aromatic carbocycles. The Bertz CT molecular complexity index is 1060. The van der Waals surface area contributed by atoms with Crippen molar-refractivity contribution in [2.45, 2.75) is 18.6 Å². The maximum atomic E-state index is 15.2. The first-order valence-corrected chi connectivity index (χ1v) is 9.43. The third kappa shape index (κ3) is 3.50. The smallest absolute Gasteiger partial charge is 0.308 e. The van der Waals surface area contributed by atoms with Gasteiger partial charge in [-0.2, -0.15) is 0 Å². The minimum Gasteiger partial charge on any atom is -0.494 e. The van der Waals surface area contributed by atoms with Gasteiger partial charge in [0, 0.05) is 22.3 Å². The van der Waals surface area contributed by atoms with E-state index in [0.717, 1.165) is 11.4 Å². The first-order valence-electron chi connectivity index (χ1n) is 9.05. The highest BCUT2D eigenvalue weighted by atomic mass is 35.5. The van der Waals surface area contributed by atoms with Gasteiger partial charge in [-0.1, -0.05) is 23.7 Å². The molecule has 0 bridgehead atoms. The second-order valence-electron chi connectivity index (χ2n) is 6.65. The summed E-state index contributed by atoms with van der Waals surface area (Å²) in [6.45, 7) is 0.